The first-order valence-corrected chi connectivity index (χ1v) is 11.6. The number of anilines is 1. The van der Waals surface area contributed by atoms with Gasteiger partial charge in [-0.15, -0.1) is 0 Å². The number of benzene rings is 3. The molecule has 0 atom stereocenters. The van der Waals surface area contributed by atoms with Crippen molar-refractivity contribution in [3.63, 3.8) is 0 Å². The topological polar surface area (TPSA) is 90.0 Å². The highest BCUT2D eigenvalue weighted by Crippen LogP contribution is 2.25. The average Bonchev–Trinajstić information content (AvgIpc) is 2.83. The molecule has 0 fully saturated rings. The predicted octanol–water partition coefficient (Wildman–Crippen LogP) is 4.18. The molecule has 7 nitrogen and oxygen atoms in total. The molecule has 3 rings (SSSR count). The molecular weight excluding hydrogens is 442 g/mol. The second-order valence-electron chi connectivity index (χ2n) is 7.50. The number of sulfonamides is 1. The fourth-order valence-electron chi connectivity index (χ4n) is 3.09. The maximum absolute atomic E-state index is 13.1. The van der Waals surface area contributed by atoms with E-state index in [-0.39, 0.29) is 16.2 Å². The van der Waals surface area contributed by atoms with E-state index in [1.165, 1.54) is 38.4 Å². The summed E-state index contributed by atoms with van der Waals surface area (Å²) in [5.41, 5.74) is 2.94. The van der Waals surface area contributed by atoms with Crippen LogP contribution >= 0.6 is 0 Å². The van der Waals surface area contributed by atoms with Crippen molar-refractivity contribution < 1.29 is 27.5 Å². The van der Waals surface area contributed by atoms with Gasteiger partial charge in [-0.3, -0.25) is 9.10 Å². The van der Waals surface area contributed by atoms with Crippen molar-refractivity contribution >= 4 is 27.5 Å². The zero-order valence-electron chi connectivity index (χ0n) is 18.9. The van der Waals surface area contributed by atoms with E-state index in [0.717, 1.165) is 15.4 Å². The molecule has 0 saturated carbocycles. The van der Waals surface area contributed by atoms with Crippen LogP contribution in [0, 0.1) is 13.8 Å². The number of ether oxygens (including phenoxy) is 2. The second-order valence-corrected chi connectivity index (χ2v) is 9.47. The Hall–Kier alpha value is -3.65. The number of hydrogen-bond donors (Lipinski definition) is 0. The molecule has 0 bridgehead atoms. The zero-order valence-corrected chi connectivity index (χ0v) is 19.7. The summed E-state index contributed by atoms with van der Waals surface area (Å²) in [5, 5.41) is 0. The van der Waals surface area contributed by atoms with Crippen LogP contribution in [0.1, 0.15) is 31.8 Å². The fourth-order valence-corrected chi connectivity index (χ4v) is 4.33. The summed E-state index contributed by atoms with van der Waals surface area (Å²) in [6.45, 7) is 3.40. The van der Waals surface area contributed by atoms with E-state index >= 15 is 0 Å². The maximum Gasteiger partial charge on any atom is 0.338 e. The summed E-state index contributed by atoms with van der Waals surface area (Å²) in [5.74, 6) is -0.518. The third kappa shape index (κ3) is 5.40. The first-order chi connectivity index (χ1) is 15.6. The van der Waals surface area contributed by atoms with Crippen molar-refractivity contribution in [2.45, 2.75) is 18.7 Å². The van der Waals surface area contributed by atoms with Crippen LogP contribution in [-0.2, 0) is 14.8 Å². The molecule has 172 valence electrons. The maximum atomic E-state index is 13.1. The van der Waals surface area contributed by atoms with Crippen molar-refractivity contribution in [2.24, 2.45) is 0 Å². The molecule has 0 unspecified atom stereocenters. The number of carbonyl (C=O) groups is 2. The number of Topliss-reactive ketones (excluding diaryl/α,β-unsaturated/α-hetero) is 1. The van der Waals surface area contributed by atoms with Gasteiger partial charge in [0.1, 0.15) is 5.75 Å². The zero-order chi connectivity index (χ0) is 24.2. The van der Waals surface area contributed by atoms with E-state index in [1.54, 1.807) is 36.4 Å². The molecule has 3 aromatic rings. The summed E-state index contributed by atoms with van der Waals surface area (Å²) in [6.07, 6.45) is 0. The molecule has 0 aromatic heterocycles. The Morgan fingerprint density at radius 1 is 0.879 bits per heavy atom. The van der Waals surface area contributed by atoms with Crippen LogP contribution in [0.25, 0.3) is 0 Å². The fraction of sp³-hybridized carbons (Fsp3) is 0.200. The lowest BCUT2D eigenvalue weighted by atomic mass is 10.0. The number of carbonyl (C=O) groups excluding carboxylic acids is 2. The van der Waals surface area contributed by atoms with Crippen molar-refractivity contribution in [1.29, 1.82) is 0 Å². The molecule has 3 aromatic carbocycles. The number of aryl methyl sites for hydroxylation is 2. The van der Waals surface area contributed by atoms with Gasteiger partial charge in [-0.2, -0.15) is 0 Å². The van der Waals surface area contributed by atoms with Crippen molar-refractivity contribution in [3.05, 3.63) is 89.0 Å². The minimum Gasteiger partial charge on any atom is -0.497 e. The molecule has 8 heteroatoms. The number of esters is 1. The standard InChI is InChI=1S/C25H25NO6S/c1-17-8-9-19(14-18(17)2)24(27)16-32-25(28)20-6-5-7-23(15-20)33(29,30)26(3)21-10-12-22(31-4)13-11-21/h5-15H,16H2,1-4H3. The lowest BCUT2D eigenvalue weighted by molar-refractivity contribution is 0.0474. The van der Waals surface area contributed by atoms with Crippen LogP contribution in [0.4, 0.5) is 5.69 Å². The number of nitrogens with zero attached hydrogens (tertiary/aromatic N) is 1. The van der Waals surface area contributed by atoms with Crippen LogP contribution in [0.15, 0.2) is 71.6 Å². The van der Waals surface area contributed by atoms with Gasteiger partial charge < -0.3 is 9.47 Å². The van der Waals surface area contributed by atoms with Crippen molar-refractivity contribution in [1.82, 2.24) is 0 Å². The Labute approximate surface area is 193 Å². The molecule has 0 radical (unpaired) electrons. The molecule has 0 N–H and O–H groups in total. The number of hydrogen-bond acceptors (Lipinski definition) is 6. The van der Waals surface area contributed by atoms with Gasteiger partial charge in [-0.25, -0.2) is 13.2 Å². The van der Waals surface area contributed by atoms with Gasteiger partial charge in [0, 0.05) is 12.6 Å². The van der Waals surface area contributed by atoms with E-state index < -0.39 is 22.6 Å². The van der Waals surface area contributed by atoms with Gasteiger partial charge >= 0.3 is 5.97 Å². The van der Waals surface area contributed by atoms with Crippen molar-refractivity contribution in [2.75, 3.05) is 25.1 Å². The smallest absolute Gasteiger partial charge is 0.338 e. The number of methoxy groups -OCH3 is 1. The normalized spacial score (nSPS) is 11.0. The number of rotatable bonds is 8. The van der Waals surface area contributed by atoms with Gasteiger partial charge in [-0.05, 0) is 73.5 Å². The quantitative estimate of drug-likeness (QED) is 0.365. The lowest BCUT2D eigenvalue weighted by Crippen LogP contribution is -2.26. The summed E-state index contributed by atoms with van der Waals surface area (Å²) >= 11 is 0. The van der Waals surface area contributed by atoms with Gasteiger partial charge in [0.05, 0.1) is 23.3 Å². The molecule has 0 amide bonds. The first kappa shape index (κ1) is 24.0. The summed E-state index contributed by atoms with van der Waals surface area (Å²) in [4.78, 5) is 24.8. The SMILES string of the molecule is COc1ccc(N(C)S(=O)(=O)c2cccc(C(=O)OCC(=O)c3ccc(C)c(C)c3)c2)cc1. The summed E-state index contributed by atoms with van der Waals surface area (Å²) in [6, 6.07) is 17.3. The van der Waals surface area contributed by atoms with E-state index in [9.17, 15) is 18.0 Å². The van der Waals surface area contributed by atoms with Crippen LogP contribution in [0.2, 0.25) is 0 Å². The third-order valence-corrected chi connectivity index (χ3v) is 7.11. The molecule has 0 heterocycles. The Balaban J connectivity index is 1.74. The van der Waals surface area contributed by atoms with Gasteiger partial charge in [-0.1, -0.05) is 18.2 Å². The predicted molar refractivity (Wildman–Crippen MR) is 126 cm³/mol. The Bertz CT molecular complexity index is 1280. The van der Waals surface area contributed by atoms with E-state index in [2.05, 4.69) is 0 Å². The van der Waals surface area contributed by atoms with Crippen LogP contribution < -0.4 is 9.04 Å². The highest BCUT2D eigenvalue weighted by molar-refractivity contribution is 7.92. The first-order valence-electron chi connectivity index (χ1n) is 10.1. The van der Waals surface area contributed by atoms with E-state index in [4.69, 9.17) is 9.47 Å². The largest absolute Gasteiger partial charge is 0.497 e. The van der Waals surface area contributed by atoms with Gasteiger partial charge in [0.25, 0.3) is 10.0 Å². The lowest BCUT2D eigenvalue weighted by Gasteiger charge is -2.20. The molecule has 0 aliphatic carbocycles. The monoisotopic (exact) mass is 467 g/mol. The minimum absolute atomic E-state index is 0.0343. The summed E-state index contributed by atoms with van der Waals surface area (Å²) in [7, 11) is -0.989. The van der Waals surface area contributed by atoms with E-state index in [0.29, 0.717) is 17.0 Å². The molecule has 0 saturated heterocycles. The van der Waals surface area contributed by atoms with Crippen LogP contribution in [0.5, 0.6) is 5.75 Å². The molecule has 0 spiro atoms. The van der Waals surface area contributed by atoms with E-state index in [1.807, 2.05) is 19.9 Å². The highest BCUT2D eigenvalue weighted by atomic mass is 32.2. The molecule has 0 aliphatic heterocycles. The second kappa shape index (κ2) is 9.87. The minimum atomic E-state index is -3.93. The van der Waals surface area contributed by atoms with Crippen molar-refractivity contribution in [3.8, 4) is 5.75 Å². The van der Waals surface area contributed by atoms with Crippen LogP contribution in [-0.4, -0.2) is 40.9 Å². The average molecular weight is 468 g/mol. The summed E-state index contributed by atoms with van der Waals surface area (Å²) < 4.78 is 37.5. The Morgan fingerprint density at radius 2 is 1.58 bits per heavy atom. The Morgan fingerprint density at radius 3 is 2.21 bits per heavy atom. The molecule has 0 aliphatic rings. The highest BCUT2D eigenvalue weighted by Gasteiger charge is 2.23. The van der Waals surface area contributed by atoms with Crippen LogP contribution in [0.3, 0.4) is 0 Å². The van der Waals surface area contributed by atoms with Gasteiger partial charge in [0.15, 0.2) is 12.4 Å². The molecule has 33 heavy (non-hydrogen) atoms. The number of ketones is 1. The third-order valence-electron chi connectivity index (χ3n) is 5.33. The molecular formula is C25H25NO6S. The Kier molecular flexibility index (Phi) is 7.18. The van der Waals surface area contributed by atoms with Gasteiger partial charge in [0.2, 0.25) is 0 Å².